The lowest BCUT2D eigenvalue weighted by Gasteiger charge is -2.25. The predicted molar refractivity (Wildman–Crippen MR) is 116 cm³/mol. The molecule has 0 aliphatic carbocycles. The Morgan fingerprint density at radius 2 is 1.93 bits per heavy atom. The van der Waals surface area contributed by atoms with Gasteiger partial charge in [0.15, 0.2) is 0 Å². The maximum Gasteiger partial charge on any atom is 0.246 e. The summed E-state index contributed by atoms with van der Waals surface area (Å²) in [6, 6.07) is 15.8. The molecule has 5 heteroatoms. The molecule has 0 radical (unpaired) electrons. The molecule has 1 saturated heterocycles. The largest absolute Gasteiger partial charge is 0.378 e. The maximum atomic E-state index is 12.9. The summed E-state index contributed by atoms with van der Waals surface area (Å²) in [6.07, 6.45) is 5.54. The number of halogens is 1. The summed E-state index contributed by atoms with van der Waals surface area (Å²) >= 11 is 6.19. The van der Waals surface area contributed by atoms with Gasteiger partial charge in [0.1, 0.15) is 0 Å². The standard InChI is InChI=1S/C23H27ClN2O2/c1-25(2)20-12-9-18(10-13-20)16-26(17-21-7-5-15-28-21)23(27)14-11-19-6-3-4-8-22(19)24/h3-4,6,8-14,21H,5,7,15-17H2,1-2H3/b14-11+. The van der Waals surface area contributed by atoms with Crippen molar-refractivity contribution in [3.8, 4) is 0 Å². The van der Waals surface area contributed by atoms with Crippen molar-refractivity contribution in [1.29, 1.82) is 0 Å². The molecule has 28 heavy (non-hydrogen) atoms. The van der Waals surface area contributed by atoms with Crippen LogP contribution in [-0.2, 0) is 16.1 Å². The van der Waals surface area contributed by atoms with E-state index in [1.807, 2.05) is 43.3 Å². The van der Waals surface area contributed by atoms with Crippen molar-refractivity contribution in [2.45, 2.75) is 25.5 Å². The highest BCUT2D eigenvalue weighted by Crippen LogP contribution is 2.19. The lowest BCUT2D eigenvalue weighted by Crippen LogP contribution is -2.35. The van der Waals surface area contributed by atoms with Crippen LogP contribution in [-0.4, -0.2) is 44.2 Å². The van der Waals surface area contributed by atoms with Gasteiger partial charge in [-0.3, -0.25) is 4.79 Å². The first-order chi connectivity index (χ1) is 13.5. The third-order valence-electron chi connectivity index (χ3n) is 4.90. The number of benzene rings is 2. The van der Waals surface area contributed by atoms with Crippen LogP contribution in [0.4, 0.5) is 5.69 Å². The van der Waals surface area contributed by atoms with E-state index in [-0.39, 0.29) is 12.0 Å². The zero-order chi connectivity index (χ0) is 19.9. The molecule has 2 aromatic carbocycles. The van der Waals surface area contributed by atoms with E-state index < -0.39 is 0 Å². The molecule has 1 atom stereocenters. The summed E-state index contributed by atoms with van der Waals surface area (Å²) in [4.78, 5) is 16.8. The third kappa shape index (κ3) is 5.60. The zero-order valence-corrected chi connectivity index (χ0v) is 17.2. The summed E-state index contributed by atoms with van der Waals surface area (Å²) in [6.45, 7) is 1.93. The van der Waals surface area contributed by atoms with Crippen LogP contribution in [0.5, 0.6) is 0 Å². The highest BCUT2D eigenvalue weighted by Gasteiger charge is 2.21. The molecule has 1 fully saturated rings. The summed E-state index contributed by atoms with van der Waals surface area (Å²) in [5.41, 5.74) is 3.08. The summed E-state index contributed by atoms with van der Waals surface area (Å²) in [7, 11) is 4.03. The number of carbonyl (C=O) groups is 1. The number of anilines is 1. The predicted octanol–water partition coefficient (Wildman–Crippen LogP) is 4.63. The van der Waals surface area contributed by atoms with Crippen LogP contribution in [0.3, 0.4) is 0 Å². The van der Waals surface area contributed by atoms with E-state index in [4.69, 9.17) is 16.3 Å². The SMILES string of the molecule is CN(C)c1ccc(CN(CC2CCCO2)C(=O)/C=C/c2ccccc2Cl)cc1. The molecule has 0 N–H and O–H groups in total. The molecule has 1 aliphatic heterocycles. The minimum Gasteiger partial charge on any atom is -0.378 e. The van der Waals surface area contributed by atoms with E-state index in [9.17, 15) is 4.79 Å². The van der Waals surface area contributed by atoms with Crippen LogP contribution in [0.1, 0.15) is 24.0 Å². The van der Waals surface area contributed by atoms with Crippen molar-refractivity contribution in [3.63, 3.8) is 0 Å². The van der Waals surface area contributed by atoms with Crippen molar-refractivity contribution in [2.24, 2.45) is 0 Å². The second kappa shape index (κ2) is 9.76. The van der Waals surface area contributed by atoms with Gasteiger partial charge in [0.2, 0.25) is 5.91 Å². The first-order valence-electron chi connectivity index (χ1n) is 9.62. The summed E-state index contributed by atoms with van der Waals surface area (Å²) in [5, 5.41) is 0.636. The molecule has 2 aromatic rings. The van der Waals surface area contributed by atoms with E-state index in [0.717, 1.165) is 36.3 Å². The Morgan fingerprint density at radius 3 is 2.57 bits per heavy atom. The number of amides is 1. The number of rotatable bonds is 7. The molecule has 3 rings (SSSR count). The first-order valence-corrected chi connectivity index (χ1v) is 10.00. The van der Waals surface area contributed by atoms with Gasteiger partial charge in [-0.15, -0.1) is 0 Å². The second-order valence-corrected chi connectivity index (χ2v) is 7.68. The molecule has 4 nitrogen and oxygen atoms in total. The molecule has 1 unspecified atom stereocenters. The zero-order valence-electron chi connectivity index (χ0n) is 16.5. The van der Waals surface area contributed by atoms with Crippen LogP contribution < -0.4 is 4.90 Å². The molecular weight excluding hydrogens is 372 g/mol. The van der Waals surface area contributed by atoms with Gasteiger partial charge >= 0.3 is 0 Å². The third-order valence-corrected chi connectivity index (χ3v) is 5.24. The van der Waals surface area contributed by atoms with Gasteiger partial charge in [-0.1, -0.05) is 41.9 Å². The summed E-state index contributed by atoms with van der Waals surface area (Å²) < 4.78 is 5.76. The van der Waals surface area contributed by atoms with Crippen LogP contribution in [0.15, 0.2) is 54.6 Å². The Hall–Kier alpha value is -2.30. The van der Waals surface area contributed by atoms with Crippen molar-refractivity contribution in [1.82, 2.24) is 4.90 Å². The van der Waals surface area contributed by atoms with E-state index in [1.165, 1.54) is 0 Å². The average molecular weight is 399 g/mol. The molecular formula is C23H27ClN2O2. The number of nitrogens with zero attached hydrogens (tertiary/aromatic N) is 2. The lowest BCUT2D eigenvalue weighted by molar-refractivity contribution is -0.128. The lowest BCUT2D eigenvalue weighted by atomic mass is 10.1. The fourth-order valence-electron chi connectivity index (χ4n) is 3.26. The Labute approximate surface area is 172 Å². The molecule has 1 amide bonds. The molecule has 148 valence electrons. The van der Waals surface area contributed by atoms with Crippen LogP contribution in [0.2, 0.25) is 5.02 Å². The van der Waals surface area contributed by atoms with Gasteiger partial charge in [-0.05, 0) is 48.2 Å². The summed E-state index contributed by atoms with van der Waals surface area (Å²) in [5.74, 6) is -0.0351. The normalized spacial score (nSPS) is 16.5. The number of hydrogen-bond donors (Lipinski definition) is 0. The van der Waals surface area contributed by atoms with Crippen molar-refractivity contribution in [3.05, 3.63) is 70.8 Å². The Bertz CT molecular complexity index is 812. The van der Waals surface area contributed by atoms with Gasteiger partial charge in [0, 0.05) is 50.6 Å². The Kier molecular flexibility index (Phi) is 7.12. The highest BCUT2D eigenvalue weighted by molar-refractivity contribution is 6.32. The van der Waals surface area contributed by atoms with E-state index in [0.29, 0.717) is 18.1 Å². The Balaban J connectivity index is 1.73. The Morgan fingerprint density at radius 1 is 1.18 bits per heavy atom. The van der Waals surface area contributed by atoms with Crippen molar-refractivity contribution in [2.75, 3.05) is 32.1 Å². The monoisotopic (exact) mass is 398 g/mol. The fourth-order valence-corrected chi connectivity index (χ4v) is 3.46. The number of carbonyl (C=O) groups excluding carboxylic acids is 1. The minimum absolute atomic E-state index is 0.0351. The molecule has 0 bridgehead atoms. The molecule has 0 saturated carbocycles. The minimum atomic E-state index is -0.0351. The van der Waals surface area contributed by atoms with Crippen LogP contribution in [0, 0.1) is 0 Å². The van der Waals surface area contributed by atoms with Gasteiger partial charge in [-0.2, -0.15) is 0 Å². The van der Waals surface area contributed by atoms with Crippen molar-refractivity contribution >= 4 is 29.3 Å². The average Bonchev–Trinajstić information content (AvgIpc) is 3.20. The fraction of sp³-hybridized carbons (Fsp3) is 0.348. The van der Waals surface area contributed by atoms with Crippen LogP contribution >= 0.6 is 11.6 Å². The van der Waals surface area contributed by atoms with Gasteiger partial charge in [0.25, 0.3) is 0 Å². The van der Waals surface area contributed by atoms with Gasteiger partial charge in [-0.25, -0.2) is 0 Å². The van der Waals surface area contributed by atoms with Crippen LogP contribution in [0.25, 0.3) is 6.08 Å². The van der Waals surface area contributed by atoms with Gasteiger partial charge < -0.3 is 14.5 Å². The number of hydrogen-bond acceptors (Lipinski definition) is 3. The van der Waals surface area contributed by atoms with E-state index in [2.05, 4.69) is 29.2 Å². The molecule has 0 aromatic heterocycles. The van der Waals surface area contributed by atoms with Crippen molar-refractivity contribution < 1.29 is 9.53 Å². The molecule has 1 heterocycles. The second-order valence-electron chi connectivity index (χ2n) is 7.27. The smallest absolute Gasteiger partial charge is 0.246 e. The van der Waals surface area contributed by atoms with E-state index >= 15 is 0 Å². The molecule has 0 spiro atoms. The van der Waals surface area contributed by atoms with E-state index in [1.54, 1.807) is 12.2 Å². The quantitative estimate of drug-likeness (QED) is 0.637. The number of ether oxygens (including phenoxy) is 1. The topological polar surface area (TPSA) is 32.8 Å². The first kappa shape index (κ1) is 20.4. The molecule has 1 aliphatic rings. The maximum absolute atomic E-state index is 12.9. The van der Waals surface area contributed by atoms with Gasteiger partial charge in [0.05, 0.1) is 6.10 Å². The highest BCUT2D eigenvalue weighted by atomic mass is 35.5.